The minimum atomic E-state index is -1.22. The molecule has 1 rings (SSSR count). The lowest BCUT2D eigenvalue weighted by molar-refractivity contribution is -0.156. The van der Waals surface area contributed by atoms with Gasteiger partial charge in [0.05, 0.1) is 6.54 Å². The molecule has 12 amide bonds. The average molecular weight is 1290 g/mol. The maximum absolute atomic E-state index is 15.4. The molecule has 0 saturated carbocycles. The largest absolute Gasteiger partial charge is 0.356 e. The van der Waals surface area contributed by atoms with Crippen molar-refractivity contribution in [2.24, 2.45) is 47.3 Å². The van der Waals surface area contributed by atoms with Gasteiger partial charge in [0.25, 0.3) is 0 Å². The first kappa shape index (κ1) is 82.7. The summed E-state index contributed by atoms with van der Waals surface area (Å²) in [6, 6.07) is -11.6. The Morgan fingerprint density at radius 2 is 0.879 bits per heavy atom. The molecule has 0 aromatic heterocycles. The van der Waals surface area contributed by atoms with Crippen molar-refractivity contribution in [1.29, 1.82) is 0 Å². The van der Waals surface area contributed by atoms with Gasteiger partial charge in [-0.3, -0.25) is 57.5 Å². The minimum absolute atomic E-state index is 0.0905. The predicted octanol–water partition coefficient (Wildman–Crippen LogP) is 4.66. The molecule has 24 nitrogen and oxygen atoms in total. The van der Waals surface area contributed by atoms with Gasteiger partial charge in [-0.05, 0) is 99.7 Å². The molecule has 5 N–H and O–H groups in total. The van der Waals surface area contributed by atoms with E-state index >= 15 is 19.2 Å². The van der Waals surface area contributed by atoms with Crippen molar-refractivity contribution in [2.75, 3.05) is 62.4 Å². The summed E-state index contributed by atoms with van der Waals surface area (Å²) in [5.74, 6) is -9.12. The van der Waals surface area contributed by atoms with Crippen LogP contribution in [0.3, 0.4) is 0 Å². The maximum atomic E-state index is 15.4. The van der Waals surface area contributed by atoms with Gasteiger partial charge in [0.1, 0.15) is 60.4 Å². The molecule has 0 spiro atoms. The number of unbranched alkanes of at least 4 members (excludes halogenated alkanes) is 3. The SMILES string of the molecule is CC[C@@H]1NC(=O)[C@H]([C@H](C)[C@H](C)CCCCCCNC(C)=O)N(C)C(=O)[C@H](C(C)C)N(C)C(=O)[C@H](CC(C)C)N(C)C(=O)[C@H](CC(C)C)N(C)C(=O)[C@@H](C)NC(=O)[C@H](C)NC(=O)[C@H](CC(C)C)N(C)C(=O)[C@H](C(C)C)NC(=O)[C@H](CC(C)C)N(C)C(=O)CN(C)C1=O. The van der Waals surface area contributed by atoms with Gasteiger partial charge in [0.15, 0.2) is 0 Å². The molecule has 1 fully saturated rings. The normalized spacial score (nSPS) is 25.7. The van der Waals surface area contributed by atoms with Crippen LogP contribution in [-0.2, 0) is 57.5 Å². The number of carbonyl (C=O) groups excluding carboxylic acids is 12. The zero-order chi connectivity index (χ0) is 70.4. The maximum Gasteiger partial charge on any atom is 0.246 e. The summed E-state index contributed by atoms with van der Waals surface area (Å²) < 4.78 is 0. The van der Waals surface area contributed by atoms with Crippen molar-refractivity contribution in [2.45, 2.75) is 249 Å². The number of hydrogen-bond acceptors (Lipinski definition) is 12. The van der Waals surface area contributed by atoms with E-state index in [0.29, 0.717) is 13.0 Å². The fraction of sp³-hybridized carbons (Fsp3) is 0.821. The van der Waals surface area contributed by atoms with E-state index in [1.54, 1.807) is 34.6 Å². The fourth-order valence-corrected chi connectivity index (χ4v) is 11.9. The zero-order valence-corrected chi connectivity index (χ0v) is 60.4. The highest BCUT2D eigenvalue weighted by Gasteiger charge is 2.45. The van der Waals surface area contributed by atoms with Crippen molar-refractivity contribution in [3.63, 3.8) is 0 Å². The Bertz CT molecular complexity index is 2450. The van der Waals surface area contributed by atoms with Crippen molar-refractivity contribution in [3.8, 4) is 0 Å². The van der Waals surface area contributed by atoms with Crippen molar-refractivity contribution < 1.29 is 57.5 Å². The number of rotatable bonds is 20. The molecule has 91 heavy (non-hydrogen) atoms. The predicted molar refractivity (Wildman–Crippen MR) is 354 cm³/mol. The number of likely N-dealkylation sites (N-methyl/N-ethyl adjacent to an activating group) is 7. The highest BCUT2D eigenvalue weighted by Crippen LogP contribution is 2.29. The molecule has 1 aliphatic rings. The molecule has 12 atom stereocenters. The van der Waals surface area contributed by atoms with E-state index in [9.17, 15) is 38.4 Å². The molecule has 0 aromatic rings. The molecule has 24 heteroatoms. The lowest BCUT2D eigenvalue weighted by atomic mass is 9.83. The highest BCUT2D eigenvalue weighted by molar-refractivity contribution is 5.99. The van der Waals surface area contributed by atoms with Gasteiger partial charge in [0.2, 0.25) is 70.9 Å². The number of nitrogens with zero attached hydrogens (tertiary/aromatic N) is 7. The summed E-state index contributed by atoms with van der Waals surface area (Å²) in [5.41, 5.74) is 0. The Balaban J connectivity index is 4.31. The van der Waals surface area contributed by atoms with Crippen LogP contribution in [0.15, 0.2) is 0 Å². The molecule has 0 aromatic carbocycles. The fourth-order valence-electron chi connectivity index (χ4n) is 11.9. The summed E-state index contributed by atoms with van der Waals surface area (Å²) in [5, 5.41) is 14.0. The van der Waals surface area contributed by atoms with E-state index < -0.39 is 150 Å². The first-order chi connectivity index (χ1) is 42.1. The molecule has 1 saturated heterocycles. The quantitative estimate of drug-likeness (QED) is 0.104. The number of nitrogens with one attached hydrogen (secondary N) is 5. The van der Waals surface area contributed by atoms with Gasteiger partial charge in [-0.15, -0.1) is 0 Å². The molecule has 0 aliphatic carbocycles. The smallest absolute Gasteiger partial charge is 0.246 e. The Morgan fingerprint density at radius 1 is 0.451 bits per heavy atom. The molecule has 0 radical (unpaired) electrons. The summed E-state index contributed by atoms with van der Waals surface area (Å²) in [6.07, 6.45) is 4.75. The molecule has 522 valence electrons. The second kappa shape index (κ2) is 38.6. The van der Waals surface area contributed by atoms with Crippen LogP contribution in [0.4, 0.5) is 0 Å². The van der Waals surface area contributed by atoms with Gasteiger partial charge < -0.3 is 60.9 Å². The van der Waals surface area contributed by atoms with E-state index in [-0.39, 0.29) is 67.6 Å². The van der Waals surface area contributed by atoms with Gasteiger partial charge in [-0.1, -0.05) is 130 Å². The number of carbonyl (C=O) groups is 12. The second-order valence-electron chi connectivity index (χ2n) is 28.3. The third kappa shape index (κ3) is 24.9. The third-order valence-electron chi connectivity index (χ3n) is 17.8. The van der Waals surface area contributed by atoms with Crippen LogP contribution in [-0.4, -0.2) is 228 Å². The monoisotopic (exact) mass is 1290 g/mol. The molecule has 1 aliphatic heterocycles. The summed E-state index contributed by atoms with van der Waals surface area (Å²) >= 11 is 0. The topological polar surface area (TPSA) is 288 Å². The molecular formula is C67H122N12O12. The molecule has 0 unspecified atom stereocenters. The number of amides is 12. The van der Waals surface area contributed by atoms with Crippen LogP contribution in [0, 0.1) is 47.3 Å². The summed E-state index contributed by atoms with van der Waals surface area (Å²) in [7, 11) is 10.3. The van der Waals surface area contributed by atoms with E-state index in [1.165, 1.54) is 104 Å². The highest BCUT2D eigenvalue weighted by atomic mass is 16.2. The zero-order valence-electron chi connectivity index (χ0n) is 60.4. The van der Waals surface area contributed by atoms with Gasteiger partial charge in [0, 0.05) is 62.8 Å². The van der Waals surface area contributed by atoms with Crippen LogP contribution < -0.4 is 26.6 Å². The van der Waals surface area contributed by atoms with Crippen LogP contribution in [0.1, 0.15) is 189 Å². The molecule has 1 heterocycles. The first-order valence-electron chi connectivity index (χ1n) is 33.4. The van der Waals surface area contributed by atoms with E-state index in [1.807, 2.05) is 69.2 Å². The molecule has 0 bridgehead atoms. The third-order valence-corrected chi connectivity index (χ3v) is 17.8. The Kier molecular flexibility index (Phi) is 35.1. The lowest BCUT2D eigenvalue weighted by Crippen LogP contribution is -2.62. The number of hydrogen-bond donors (Lipinski definition) is 5. The molecular weight excluding hydrogens is 1160 g/mol. The van der Waals surface area contributed by atoms with Gasteiger partial charge in [-0.25, -0.2) is 0 Å². The minimum Gasteiger partial charge on any atom is -0.356 e. The Hall–Kier alpha value is -6.36. The van der Waals surface area contributed by atoms with Gasteiger partial charge >= 0.3 is 0 Å². The summed E-state index contributed by atoms with van der Waals surface area (Å²) in [6.45, 7) is 32.1. The van der Waals surface area contributed by atoms with Crippen molar-refractivity contribution in [1.82, 2.24) is 60.9 Å². The Morgan fingerprint density at radius 3 is 1.35 bits per heavy atom. The average Bonchev–Trinajstić information content (AvgIpc) is 0.858. The lowest BCUT2D eigenvalue weighted by Gasteiger charge is -2.42. The second-order valence-corrected chi connectivity index (χ2v) is 28.3. The van der Waals surface area contributed by atoms with Crippen LogP contribution in [0.5, 0.6) is 0 Å². The first-order valence-corrected chi connectivity index (χ1v) is 33.4. The van der Waals surface area contributed by atoms with E-state index in [4.69, 9.17) is 0 Å². The van der Waals surface area contributed by atoms with Crippen molar-refractivity contribution >= 4 is 70.9 Å². The van der Waals surface area contributed by atoms with E-state index in [2.05, 4.69) is 26.6 Å². The van der Waals surface area contributed by atoms with Crippen LogP contribution in [0.25, 0.3) is 0 Å². The van der Waals surface area contributed by atoms with Crippen LogP contribution in [0.2, 0.25) is 0 Å². The van der Waals surface area contributed by atoms with Crippen molar-refractivity contribution in [3.05, 3.63) is 0 Å². The van der Waals surface area contributed by atoms with Gasteiger partial charge in [-0.2, -0.15) is 0 Å². The Labute approximate surface area is 546 Å². The summed E-state index contributed by atoms with van der Waals surface area (Å²) in [4.78, 5) is 182. The van der Waals surface area contributed by atoms with E-state index in [0.717, 1.165) is 25.7 Å². The standard InChI is InChI=1S/C67H122N12O12/c1-26-49-63(87)73(19)37-54(81)74(20)50(33-38(2)3)60(84)72-55(42(10)11)66(90)75(21)51(34-39(4)5)59(83)69-46(16)58(82)70-47(17)62(86)76(22)52(35-40(6)7)64(88)77(23)53(36-41(8)9)65(89)78(24)56(43(12)13)67(91)79(25)57(61(85)71-49)45(15)44(14)31-29-27-28-30-32-68-48(18)80/h38-47,49-53,55-57H,26-37H2,1-25H3,(H,68,80)(H,69,83)(H,70,82)(H,71,85)(H,72,84)/t44-,45-,46+,47-,49+,50+,51+,52+,53+,55+,56+,57+/m1/s1. The van der Waals surface area contributed by atoms with Crippen LogP contribution >= 0.6 is 0 Å².